The number of carbonyl (C=O) groups is 2. The Morgan fingerprint density at radius 3 is 2.75 bits per heavy atom. The van der Waals surface area contributed by atoms with Gasteiger partial charge in [0.05, 0.1) is 25.4 Å². The van der Waals surface area contributed by atoms with Crippen molar-refractivity contribution < 1.29 is 23.1 Å². The van der Waals surface area contributed by atoms with E-state index >= 15 is 0 Å². The number of alkyl halides is 2. The maximum absolute atomic E-state index is 14.5. The summed E-state index contributed by atoms with van der Waals surface area (Å²) in [6, 6.07) is -0.269. The van der Waals surface area contributed by atoms with Gasteiger partial charge in [-0.15, -0.1) is 0 Å². The van der Waals surface area contributed by atoms with Gasteiger partial charge in [-0.2, -0.15) is 8.78 Å². The van der Waals surface area contributed by atoms with Gasteiger partial charge in [0.15, 0.2) is 0 Å². The van der Waals surface area contributed by atoms with Crippen molar-refractivity contribution in [3.63, 3.8) is 0 Å². The third-order valence-electron chi connectivity index (χ3n) is 6.50. The first-order valence-electron chi connectivity index (χ1n) is 12.1. The van der Waals surface area contributed by atoms with Crippen LogP contribution in [0.3, 0.4) is 0 Å². The van der Waals surface area contributed by atoms with E-state index < -0.39 is 24.5 Å². The summed E-state index contributed by atoms with van der Waals surface area (Å²) in [5.41, 5.74) is 4.50. The van der Waals surface area contributed by atoms with Crippen LogP contribution in [0, 0.1) is 0 Å². The van der Waals surface area contributed by atoms with Crippen LogP contribution in [0.2, 0.25) is 0 Å². The van der Waals surface area contributed by atoms with Crippen LogP contribution in [-0.4, -0.2) is 97.9 Å². The van der Waals surface area contributed by atoms with E-state index in [2.05, 4.69) is 21.1 Å². The number of amides is 2. The van der Waals surface area contributed by atoms with Crippen LogP contribution in [-0.2, 0) is 14.3 Å². The summed E-state index contributed by atoms with van der Waals surface area (Å²) in [6.07, 6.45) is 5.43. The van der Waals surface area contributed by atoms with Crippen LogP contribution in [0.5, 0.6) is 0 Å². The second-order valence-corrected chi connectivity index (χ2v) is 9.38. The van der Waals surface area contributed by atoms with Gasteiger partial charge in [-0.05, 0) is 32.8 Å². The monoisotopic (exact) mass is 509 g/mol. The van der Waals surface area contributed by atoms with Gasteiger partial charge in [-0.3, -0.25) is 20.0 Å². The summed E-state index contributed by atoms with van der Waals surface area (Å²) < 4.78 is 34.8. The summed E-state index contributed by atoms with van der Waals surface area (Å²) in [5.74, 6) is -4.51. The number of hydrogen-bond donors (Lipinski definition) is 3. The van der Waals surface area contributed by atoms with Crippen LogP contribution in [0.1, 0.15) is 33.6 Å². The minimum Gasteiger partial charge on any atom is -0.375 e. The smallest absolute Gasteiger partial charge is 0.342 e. The summed E-state index contributed by atoms with van der Waals surface area (Å²) in [6.45, 7) is 5.80. The number of carbonyl (C=O) groups excluding carboxylic acids is 2. The number of halogens is 2. The topological polar surface area (TPSA) is 102 Å². The van der Waals surface area contributed by atoms with Crippen molar-refractivity contribution in [1.29, 1.82) is 0 Å². The highest BCUT2D eigenvalue weighted by Crippen LogP contribution is 2.29. The third kappa shape index (κ3) is 6.04. The lowest BCUT2D eigenvalue weighted by Gasteiger charge is -2.32. The van der Waals surface area contributed by atoms with Crippen LogP contribution in [0.25, 0.3) is 0 Å². The molecule has 2 aliphatic heterocycles. The summed E-state index contributed by atoms with van der Waals surface area (Å²) in [4.78, 5) is 32.0. The Kier molecular flexibility index (Phi) is 8.72. The molecule has 2 unspecified atom stereocenters. The average Bonchev–Trinajstić information content (AvgIpc) is 3.19. The van der Waals surface area contributed by atoms with Gasteiger partial charge in [-0.1, -0.05) is 13.0 Å². The number of hydrogen-bond acceptors (Lipinski definition) is 8. The van der Waals surface area contributed by atoms with Crippen molar-refractivity contribution in [2.45, 2.75) is 57.8 Å². The van der Waals surface area contributed by atoms with Crippen molar-refractivity contribution >= 4 is 18.0 Å². The molecule has 1 aliphatic carbocycles. The minimum atomic E-state index is -3.52. The second-order valence-electron chi connectivity index (χ2n) is 9.38. The highest BCUT2D eigenvalue weighted by molar-refractivity contribution is 5.94. The molecule has 0 bridgehead atoms. The molecule has 36 heavy (non-hydrogen) atoms. The van der Waals surface area contributed by atoms with Crippen LogP contribution in [0.15, 0.2) is 39.9 Å². The molecule has 0 saturated heterocycles. The number of hydrazine groups is 1. The fourth-order valence-electron chi connectivity index (χ4n) is 4.21. The lowest BCUT2D eigenvalue weighted by atomic mass is 10.1. The van der Waals surface area contributed by atoms with Crippen LogP contribution in [0.4, 0.5) is 8.78 Å². The molecule has 0 aromatic rings. The number of rotatable bonds is 7. The molecule has 2 heterocycles. The van der Waals surface area contributed by atoms with Crippen molar-refractivity contribution in [2.75, 3.05) is 40.8 Å². The second kappa shape index (κ2) is 11.4. The highest BCUT2D eigenvalue weighted by Gasteiger charge is 2.48. The van der Waals surface area contributed by atoms with Crippen molar-refractivity contribution in [3.8, 4) is 0 Å². The summed E-state index contributed by atoms with van der Waals surface area (Å²) in [5, 5.41) is 8.29. The van der Waals surface area contributed by atoms with Gasteiger partial charge in [0, 0.05) is 45.1 Å². The number of aliphatic imine (C=N–C) groups is 1. The van der Waals surface area contributed by atoms with E-state index in [1.54, 1.807) is 39.1 Å². The quantitative estimate of drug-likeness (QED) is 0.443. The van der Waals surface area contributed by atoms with Gasteiger partial charge >= 0.3 is 5.92 Å². The molecule has 0 aromatic heterocycles. The molecule has 0 radical (unpaired) electrons. The number of ether oxygens (including phenoxy) is 1. The Hall–Kier alpha value is -2.99. The zero-order valence-electron chi connectivity index (χ0n) is 21.8. The van der Waals surface area contributed by atoms with Gasteiger partial charge in [0.1, 0.15) is 17.7 Å². The normalized spacial score (nSPS) is 24.4. The van der Waals surface area contributed by atoms with Crippen LogP contribution >= 0.6 is 0 Å². The molecule has 3 aliphatic rings. The standard InChI is InChI=1S/C24H37F2N7O3/c1-7-31(4)30-22(34)16-8-10-17(19(36-6)11-9-16)29-20-13-28-21-18(12-27-20)32(5)23(35)24(25,26)14-33(21)15(2)3/h8,10,12,15,19-20,28-29H,7,9,11,13-14H2,1-6H3,(H,30,34). The Morgan fingerprint density at radius 1 is 1.39 bits per heavy atom. The molecule has 12 heteroatoms. The molecule has 2 atom stereocenters. The fraction of sp³-hybridized carbons (Fsp3) is 0.625. The lowest BCUT2D eigenvalue weighted by molar-refractivity contribution is -0.154. The van der Waals surface area contributed by atoms with E-state index in [1.165, 1.54) is 18.2 Å². The van der Waals surface area contributed by atoms with E-state index in [0.717, 1.165) is 10.6 Å². The average molecular weight is 510 g/mol. The molecular weight excluding hydrogens is 472 g/mol. The molecule has 3 rings (SSSR count). The molecule has 200 valence electrons. The Bertz CT molecular complexity index is 977. The minimum absolute atomic E-state index is 0.160. The number of allylic oxidation sites excluding steroid dienone is 3. The first-order valence-corrected chi connectivity index (χ1v) is 12.1. The Labute approximate surface area is 211 Å². The zero-order chi connectivity index (χ0) is 26.6. The van der Waals surface area contributed by atoms with E-state index in [1.807, 2.05) is 13.0 Å². The van der Waals surface area contributed by atoms with Crippen LogP contribution < -0.4 is 16.1 Å². The Morgan fingerprint density at radius 2 is 2.11 bits per heavy atom. The molecule has 2 amide bonds. The van der Waals surface area contributed by atoms with Gasteiger partial charge in [-0.25, -0.2) is 5.01 Å². The molecule has 0 aromatic carbocycles. The van der Waals surface area contributed by atoms with E-state index in [-0.39, 0.29) is 30.3 Å². The third-order valence-corrected chi connectivity index (χ3v) is 6.50. The molecule has 0 spiro atoms. The molecule has 0 fully saturated rings. The van der Waals surface area contributed by atoms with Crippen molar-refractivity contribution in [2.24, 2.45) is 4.99 Å². The maximum atomic E-state index is 14.5. The van der Waals surface area contributed by atoms with E-state index in [4.69, 9.17) is 4.74 Å². The van der Waals surface area contributed by atoms with Crippen molar-refractivity contribution in [1.82, 2.24) is 30.9 Å². The van der Waals surface area contributed by atoms with Gasteiger partial charge < -0.3 is 25.2 Å². The first-order chi connectivity index (χ1) is 17.0. The number of nitrogens with zero attached hydrogens (tertiary/aromatic N) is 4. The zero-order valence-corrected chi connectivity index (χ0v) is 21.8. The Balaban J connectivity index is 1.81. The summed E-state index contributed by atoms with van der Waals surface area (Å²) in [7, 11) is 4.74. The predicted octanol–water partition coefficient (Wildman–Crippen LogP) is 1.16. The van der Waals surface area contributed by atoms with E-state index in [9.17, 15) is 18.4 Å². The first kappa shape index (κ1) is 27.6. The van der Waals surface area contributed by atoms with Gasteiger partial charge in [0.2, 0.25) is 0 Å². The SMILES string of the molecule is CCN(C)NC(=O)C1=CC=C(NC2CNC3=C(C=N2)N(C)C(=O)C(F)(F)CN3C(C)C)C(OC)CC1. The van der Waals surface area contributed by atoms with E-state index in [0.29, 0.717) is 30.8 Å². The number of nitrogens with one attached hydrogen (secondary N) is 3. The molecular formula is C24H37F2N7O3. The predicted molar refractivity (Wildman–Crippen MR) is 133 cm³/mol. The summed E-state index contributed by atoms with van der Waals surface area (Å²) >= 11 is 0. The molecule has 10 nitrogen and oxygen atoms in total. The lowest BCUT2D eigenvalue weighted by Crippen LogP contribution is -2.48. The molecule has 3 N–H and O–H groups in total. The molecule has 0 saturated carbocycles. The number of methoxy groups -OCH3 is 1. The highest BCUT2D eigenvalue weighted by atomic mass is 19.3. The largest absolute Gasteiger partial charge is 0.375 e. The maximum Gasteiger partial charge on any atom is 0.342 e. The fourth-order valence-corrected chi connectivity index (χ4v) is 4.21. The van der Waals surface area contributed by atoms with Crippen molar-refractivity contribution in [3.05, 3.63) is 34.9 Å². The van der Waals surface area contributed by atoms with Gasteiger partial charge in [0.25, 0.3) is 11.8 Å².